The summed E-state index contributed by atoms with van der Waals surface area (Å²) in [6.45, 7) is 2.18. The largest absolute Gasteiger partial charge is 0.508 e. The monoisotopic (exact) mass is 474 g/mol. The first kappa shape index (κ1) is 27.6. The average Bonchev–Trinajstić information content (AvgIpc) is 2.84. The molecule has 34 heavy (non-hydrogen) atoms. The molecule has 0 saturated heterocycles. The molecule has 0 aliphatic carbocycles. The van der Waals surface area contributed by atoms with E-state index in [0.717, 1.165) is 37.7 Å². The number of rotatable bonds is 15. The highest BCUT2D eigenvalue weighted by molar-refractivity contribution is 5.89. The number of benzene rings is 2. The highest BCUT2D eigenvalue weighted by Crippen LogP contribution is 2.40. The molecule has 0 radical (unpaired) electrons. The van der Waals surface area contributed by atoms with Crippen molar-refractivity contribution in [3.05, 3.63) is 59.7 Å². The van der Waals surface area contributed by atoms with Crippen LogP contribution in [0.3, 0.4) is 0 Å². The zero-order valence-corrected chi connectivity index (χ0v) is 20.7. The Kier molecular flexibility index (Phi) is 10.8. The number of carbonyl (C=O) groups excluding carboxylic acids is 1. The molecule has 0 spiro atoms. The Hall–Kier alpha value is -2.61. The molecule has 0 aromatic heterocycles. The number of esters is 1. The van der Waals surface area contributed by atoms with Crippen molar-refractivity contribution in [1.82, 2.24) is 0 Å². The molecule has 0 aliphatic heterocycles. The van der Waals surface area contributed by atoms with Gasteiger partial charge in [0.15, 0.2) is 5.60 Å². The minimum atomic E-state index is -1.67. The predicted molar refractivity (Wildman–Crippen MR) is 130 cm³/mol. The van der Waals surface area contributed by atoms with Gasteiger partial charge in [0.1, 0.15) is 11.5 Å². The number of phenols is 2. The molecule has 0 aliphatic rings. The number of hydrogen-bond donors (Lipinski definition) is 2. The van der Waals surface area contributed by atoms with Crippen molar-refractivity contribution < 1.29 is 34.0 Å². The summed E-state index contributed by atoms with van der Waals surface area (Å²) in [5, 5.41) is 19.3. The average molecular weight is 475 g/mol. The van der Waals surface area contributed by atoms with Gasteiger partial charge < -0.3 is 29.2 Å². The van der Waals surface area contributed by atoms with Crippen molar-refractivity contribution >= 4 is 5.97 Å². The number of phenolic OH excluding ortho intramolecular Hbond substituents is 2. The number of methoxy groups -OCH3 is 3. The van der Waals surface area contributed by atoms with Gasteiger partial charge in [-0.25, -0.2) is 4.79 Å². The van der Waals surface area contributed by atoms with Gasteiger partial charge in [-0.2, -0.15) is 0 Å². The van der Waals surface area contributed by atoms with Crippen LogP contribution < -0.4 is 0 Å². The lowest BCUT2D eigenvalue weighted by molar-refractivity contribution is -0.418. The van der Waals surface area contributed by atoms with E-state index in [1.807, 2.05) is 0 Å². The summed E-state index contributed by atoms with van der Waals surface area (Å²) in [6, 6.07) is 12.6. The van der Waals surface area contributed by atoms with Gasteiger partial charge >= 0.3 is 11.9 Å². The maximum absolute atomic E-state index is 13.3. The lowest BCUT2D eigenvalue weighted by Crippen LogP contribution is -2.61. The van der Waals surface area contributed by atoms with Gasteiger partial charge in [-0.15, -0.1) is 0 Å². The van der Waals surface area contributed by atoms with Crippen molar-refractivity contribution in [3.8, 4) is 11.5 Å². The first-order chi connectivity index (χ1) is 16.3. The maximum Gasteiger partial charge on any atom is 0.338 e. The third-order valence-electron chi connectivity index (χ3n) is 6.12. The Balaban J connectivity index is 2.45. The van der Waals surface area contributed by atoms with Crippen LogP contribution >= 0.6 is 0 Å². The van der Waals surface area contributed by atoms with Crippen LogP contribution in [0.4, 0.5) is 0 Å². The second-order valence-electron chi connectivity index (χ2n) is 8.46. The quantitative estimate of drug-likeness (QED) is 0.198. The van der Waals surface area contributed by atoms with Crippen LogP contribution in [-0.2, 0) is 25.4 Å². The summed E-state index contributed by atoms with van der Waals surface area (Å²) < 4.78 is 23.4. The standard InChI is InChI=1S/C27H38O7/c1-5-6-7-8-9-10-19-26(27(31-2,32-3)33-4,20-21-11-15-23(28)16-12-21)34-25(30)22-13-17-24(29)18-14-22/h11-18,28-29H,5-10,19-20H2,1-4H3. The summed E-state index contributed by atoms with van der Waals surface area (Å²) in [5.74, 6) is -2.05. The first-order valence-electron chi connectivity index (χ1n) is 11.8. The van der Waals surface area contributed by atoms with E-state index in [1.165, 1.54) is 52.0 Å². The Labute approximate surface area is 202 Å². The molecule has 2 aromatic carbocycles. The van der Waals surface area contributed by atoms with Crippen LogP contribution in [0.2, 0.25) is 0 Å². The Bertz CT molecular complexity index is 851. The molecule has 0 bridgehead atoms. The molecule has 2 N–H and O–H groups in total. The fourth-order valence-corrected chi connectivity index (χ4v) is 4.28. The van der Waals surface area contributed by atoms with E-state index in [9.17, 15) is 15.0 Å². The summed E-state index contributed by atoms with van der Waals surface area (Å²) in [4.78, 5) is 13.3. The van der Waals surface area contributed by atoms with Gasteiger partial charge in [0.05, 0.1) is 5.56 Å². The fourth-order valence-electron chi connectivity index (χ4n) is 4.28. The summed E-state index contributed by atoms with van der Waals surface area (Å²) in [7, 11) is 4.36. The SMILES string of the molecule is CCCCCCCCC(Cc1ccc(O)cc1)(OC(=O)c1ccc(O)cc1)C(OC)(OC)OC. The Morgan fingerprint density at radius 1 is 0.765 bits per heavy atom. The molecule has 7 heteroatoms. The van der Waals surface area contributed by atoms with Crippen LogP contribution in [-0.4, -0.2) is 49.1 Å². The zero-order valence-electron chi connectivity index (χ0n) is 20.7. The molecular formula is C27H38O7. The van der Waals surface area contributed by atoms with Gasteiger partial charge in [-0.3, -0.25) is 0 Å². The van der Waals surface area contributed by atoms with E-state index >= 15 is 0 Å². The van der Waals surface area contributed by atoms with E-state index in [1.54, 1.807) is 24.3 Å². The molecule has 2 rings (SSSR count). The van der Waals surface area contributed by atoms with Crippen molar-refractivity contribution in [2.75, 3.05) is 21.3 Å². The molecule has 0 heterocycles. The first-order valence-corrected chi connectivity index (χ1v) is 11.8. The molecule has 2 aromatic rings. The van der Waals surface area contributed by atoms with E-state index < -0.39 is 17.5 Å². The van der Waals surface area contributed by atoms with Crippen LogP contribution in [0.25, 0.3) is 0 Å². The number of carbonyl (C=O) groups is 1. The molecule has 0 amide bonds. The molecular weight excluding hydrogens is 436 g/mol. The van der Waals surface area contributed by atoms with Gasteiger partial charge in [-0.1, -0.05) is 51.2 Å². The molecule has 1 atom stereocenters. The van der Waals surface area contributed by atoms with Crippen LogP contribution in [0.5, 0.6) is 11.5 Å². The molecule has 0 fully saturated rings. The topological polar surface area (TPSA) is 94.5 Å². The summed E-state index contributed by atoms with van der Waals surface area (Å²) in [5.41, 5.74) is -0.229. The molecule has 0 saturated carbocycles. The highest BCUT2D eigenvalue weighted by Gasteiger charge is 2.57. The summed E-state index contributed by atoms with van der Waals surface area (Å²) in [6.07, 6.45) is 6.97. The maximum atomic E-state index is 13.3. The third-order valence-corrected chi connectivity index (χ3v) is 6.12. The van der Waals surface area contributed by atoms with E-state index in [4.69, 9.17) is 18.9 Å². The smallest absolute Gasteiger partial charge is 0.338 e. The second-order valence-corrected chi connectivity index (χ2v) is 8.46. The predicted octanol–water partition coefficient (Wildman–Crippen LogP) is 5.58. The van der Waals surface area contributed by atoms with Crippen molar-refractivity contribution in [1.29, 1.82) is 0 Å². The highest BCUT2D eigenvalue weighted by atomic mass is 16.9. The third kappa shape index (κ3) is 6.95. The fraction of sp³-hybridized carbons (Fsp3) is 0.519. The van der Waals surface area contributed by atoms with Crippen molar-refractivity contribution in [3.63, 3.8) is 0 Å². The van der Waals surface area contributed by atoms with E-state index in [2.05, 4.69) is 6.92 Å². The van der Waals surface area contributed by atoms with Crippen LogP contribution in [0.1, 0.15) is 67.8 Å². The number of unbranched alkanes of at least 4 members (excludes halogenated alkanes) is 5. The zero-order chi connectivity index (χ0) is 25.0. The number of ether oxygens (including phenoxy) is 4. The Morgan fingerprint density at radius 2 is 1.26 bits per heavy atom. The lowest BCUT2D eigenvalue weighted by atomic mass is 9.85. The minimum absolute atomic E-state index is 0.0546. The van der Waals surface area contributed by atoms with Crippen molar-refractivity contribution in [2.45, 2.75) is 69.9 Å². The summed E-state index contributed by atoms with van der Waals surface area (Å²) >= 11 is 0. The number of hydrogen-bond acceptors (Lipinski definition) is 7. The van der Waals surface area contributed by atoms with Gasteiger partial charge in [0, 0.05) is 27.8 Å². The molecule has 7 nitrogen and oxygen atoms in total. The lowest BCUT2D eigenvalue weighted by Gasteiger charge is -2.46. The minimum Gasteiger partial charge on any atom is -0.508 e. The van der Waals surface area contributed by atoms with Crippen molar-refractivity contribution in [2.24, 2.45) is 0 Å². The van der Waals surface area contributed by atoms with Crippen LogP contribution in [0.15, 0.2) is 48.5 Å². The van der Waals surface area contributed by atoms with Gasteiger partial charge in [-0.05, 0) is 54.8 Å². The van der Waals surface area contributed by atoms with Crippen LogP contribution in [0, 0.1) is 0 Å². The molecule has 188 valence electrons. The molecule has 1 unspecified atom stereocenters. The number of aromatic hydroxyl groups is 2. The Morgan fingerprint density at radius 3 is 1.79 bits per heavy atom. The van der Waals surface area contributed by atoms with E-state index in [-0.39, 0.29) is 23.5 Å². The normalized spacial score (nSPS) is 13.4. The van der Waals surface area contributed by atoms with E-state index in [0.29, 0.717) is 6.42 Å². The van der Waals surface area contributed by atoms with Gasteiger partial charge in [0.25, 0.3) is 0 Å². The second kappa shape index (κ2) is 13.3. The van der Waals surface area contributed by atoms with Gasteiger partial charge in [0.2, 0.25) is 0 Å².